The van der Waals surface area contributed by atoms with Crippen LogP contribution in [0.2, 0.25) is 0 Å². The van der Waals surface area contributed by atoms with E-state index in [1.54, 1.807) is 19.2 Å². The van der Waals surface area contributed by atoms with Gasteiger partial charge >= 0.3 is 0 Å². The molecule has 1 amide bonds. The number of hydrogen-bond donors (Lipinski definition) is 1. The van der Waals surface area contributed by atoms with Crippen LogP contribution in [0.1, 0.15) is 29.6 Å². The van der Waals surface area contributed by atoms with E-state index in [9.17, 15) is 9.18 Å². The first-order valence-electron chi connectivity index (χ1n) is 5.75. The number of halogens is 1. The maximum atomic E-state index is 13.3. The maximum Gasteiger partial charge on any atom is 0.254 e. The third-order valence-electron chi connectivity index (χ3n) is 3.39. The number of rotatable bonds is 4. The van der Waals surface area contributed by atoms with E-state index in [1.807, 2.05) is 0 Å². The normalized spacial score (nSPS) is 17.3. The maximum absolute atomic E-state index is 13.3. The Hall–Kier alpha value is -1.42. The van der Waals surface area contributed by atoms with Crippen LogP contribution in [0.15, 0.2) is 24.3 Å². The predicted octanol–water partition coefficient (Wildman–Crippen LogP) is 2.12. The Balaban J connectivity index is 1.96. The summed E-state index contributed by atoms with van der Waals surface area (Å²) in [5.41, 5.74) is -0.154. The molecule has 1 saturated carbocycles. The van der Waals surface area contributed by atoms with E-state index in [0.29, 0.717) is 6.54 Å². The van der Waals surface area contributed by atoms with Crippen molar-refractivity contribution >= 4 is 5.91 Å². The van der Waals surface area contributed by atoms with Gasteiger partial charge in [-0.25, -0.2) is 4.39 Å². The van der Waals surface area contributed by atoms with Crippen LogP contribution < -0.4 is 5.32 Å². The van der Waals surface area contributed by atoms with Gasteiger partial charge in [-0.15, -0.1) is 0 Å². The third-order valence-corrected chi connectivity index (χ3v) is 3.39. The Morgan fingerprint density at radius 2 is 2.18 bits per heavy atom. The zero-order valence-corrected chi connectivity index (χ0v) is 9.83. The summed E-state index contributed by atoms with van der Waals surface area (Å²) in [7, 11) is 1.65. The van der Waals surface area contributed by atoms with Crippen molar-refractivity contribution < 1.29 is 13.9 Å². The van der Waals surface area contributed by atoms with Crippen molar-refractivity contribution in [1.82, 2.24) is 5.32 Å². The van der Waals surface area contributed by atoms with E-state index in [4.69, 9.17) is 4.74 Å². The molecular formula is C13H16FNO2. The molecule has 0 spiro atoms. The summed E-state index contributed by atoms with van der Waals surface area (Å²) >= 11 is 0. The van der Waals surface area contributed by atoms with Gasteiger partial charge in [-0.2, -0.15) is 0 Å². The van der Waals surface area contributed by atoms with Crippen LogP contribution in [-0.2, 0) is 4.74 Å². The molecule has 1 aromatic carbocycles. The van der Waals surface area contributed by atoms with E-state index >= 15 is 0 Å². The van der Waals surface area contributed by atoms with Gasteiger partial charge in [-0.1, -0.05) is 12.1 Å². The fraction of sp³-hybridized carbons (Fsp3) is 0.462. The van der Waals surface area contributed by atoms with E-state index in [2.05, 4.69) is 5.32 Å². The van der Waals surface area contributed by atoms with Crippen molar-refractivity contribution in [3.63, 3.8) is 0 Å². The molecule has 0 bridgehead atoms. The van der Waals surface area contributed by atoms with Gasteiger partial charge in [0.25, 0.3) is 5.91 Å². The third kappa shape index (κ3) is 2.47. The zero-order chi connectivity index (χ0) is 12.3. The lowest BCUT2D eigenvalue weighted by atomic mass is 9.80. The van der Waals surface area contributed by atoms with Crippen molar-refractivity contribution in [2.45, 2.75) is 24.9 Å². The van der Waals surface area contributed by atoms with E-state index in [1.165, 1.54) is 12.1 Å². The largest absolute Gasteiger partial charge is 0.376 e. The molecule has 0 aromatic heterocycles. The summed E-state index contributed by atoms with van der Waals surface area (Å²) < 4.78 is 18.7. The predicted molar refractivity (Wildman–Crippen MR) is 62.3 cm³/mol. The fourth-order valence-corrected chi connectivity index (χ4v) is 2.01. The first kappa shape index (κ1) is 12.0. The second-order valence-corrected chi connectivity index (χ2v) is 4.40. The van der Waals surface area contributed by atoms with Gasteiger partial charge in [0.2, 0.25) is 0 Å². The lowest BCUT2D eigenvalue weighted by molar-refractivity contribution is -0.0679. The molecule has 17 heavy (non-hydrogen) atoms. The van der Waals surface area contributed by atoms with Crippen LogP contribution in [0.4, 0.5) is 4.39 Å². The number of carbonyl (C=O) groups excluding carboxylic acids is 1. The van der Waals surface area contributed by atoms with Gasteiger partial charge < -0.3 is 10.1 Å². The van der Waals surface area contributed by atoms with Gasteiger partial charge in [0.1, 0.15) is 5.82 Å². The molecule has 1 fully saturated rings. The number of hydrogen-bond acceptors (Lipinski definition) is 2. The molecule has 1 aromatic rings. The van der Waals surface area contributed by atoms with Crippen molar-refractivity contribution in [1.29, 1.82) is 0 Å². The topological polar surface area (TPSA) is 38.3 Å². The summed E-state index contributed by atoms with van der Waals surface area (Å²) in [6, 6.07) is 5.97. The summed E-state index contributed by atoms with van der Waals surface area (Å²) in [5.74, 6) is -0.878. The molecule has 0 saturated heterocycles. The number of carbonyl (C=O) groups is 1. The van der Waals surface area contributed by atoms with Gasteiger partial charge in [0.15, 0.2) is 0 Å². The molecule has 1 aliphatic carbocycles. The molecule has 0 radical (unpaired) electrons. The Kier molecular flexibility index (Phi) is 3.43. The summed E-state index contributed by atoms with van der Waals surface area (Å²) in [4.78, 5) is 11.8. The highest BCUT2D eigenvalue weighted by molar-refractivity contribution is 5.94. The zero-order valence-electron chi connectivity index (χ0n) is 9.83. The van der Waals surface area contributed by atoms with Gasteiger partial charge in [-0.3, -0.25) is 4.79 Å². The monoisotopic (exact) mass is 237 g/mol. The van der Waals surface area contributed by atoms with Crippen LogP contribution in [0.25, 0.3) is 0 Å². The minimum Gasteiger partial charge on any atom is -0.376 e. The number of methoxy groups -OCH3 is 1. The lowest BCUT2D eigenvalue weighted by Gasteiger charge is -2.40. The van der Waals surface area contributed by atoms with E-state index in [0.717, 1.165) is 19.3 Å². The minimum absolute atomic E-state index is 0.0816. The summed E-state index contributed by atoms with van der Waals surface area (Å²) in [5, 5.41) is 2.73. The number of benzene rings is 1. The minimum atomic E-state index is -0.495. The SMILES string of the molecule is COC1(CNC(=O)c2ccccc2F)CCC1. The van der Waals surface area contributed by atoms with Crippen molar-refractivity contribution in [3.05, 3.63) is 35.6 Å². The highest BCUT2D eigenvalue weighted by atomic mass is 19.1. The highest BCUT2D eigenvalue weighted by Gasteiger charge is 2.37. The van der Waals surface area contributed by atoms with Crippen molar-refractivity contribution in [2.75, 3.05) is 13.7 Å². The molecule has 1 aliphatic rings. The standard InChI is InChI=1S/C13H16FNO2/c1-17-13(7-4-8-13)9-15-12(16)10-5-2-3-6-11(10)14/h2-3,5-6H,4,7-9H2,1H3,(H,15,16). The van der Waals surface area contributed by atoms with Gasteiger partial charge in [0.05, 0.1) is 11.2 Å². The first-order valence-corrected chi connectivity index (χ1v) is 5.75. The Morgan fingerprint density at radius 1 is 1.47 bits per heavy atom. The fourth-order valence-electron chi connectivity index (χ4n) is 2.01. The average Bonchev–Trinajstić information content (AvgIpc) is 2.28. The summed E-state index contributed by atoms with van der Waals surface area (Å²) in [6.07, 6.45) is 3.01. The molecule has 3 nitrogen and oxygen atoms in total. The second-order valence-electron chi connectivity index (χ2n) is 4.40. The Bertz CT molecular complexity index is 410. The molecule has 0 atom stereocenters. The summed E-state index contributed by atoms with van der Waals surface area (Å²) in [6.45, 7) is 0.441. The van der Waals surface area contributed by atoms with Crippen molar-refractivity contribution in [2.24, 2.45) is 0 Å². The van der Waals surface area contributed by atoms with Gasteiger partial charge in [0, 0.05) is 13.7 Å². The first-order chi connectivity index (χ1) is 8.17. The molecule has 2 rings (SSSR count). The number of amides is 1. The van der Waals surface area contributed by atoms with Crippen molar-refractivity contribution in [3.8, 4) is 0 Å². The number of nitrogens with one attached hydrogen (secondary N) is 1. The van der Waals surface area contributed by atoms with Crippen LogP contribution >= 0.6 is 0 Å². The van der Waals surface area contributed by atoms with E-state index in [-0.39, 0.29) is 17.1 Å². The molecule has 0 heterocycles. The van der Waals surface area contributed by atoms with Gasteiger partial charge in [-0.05, 0) is 31.4 Å². The van der Waals surface area contributed by atoms with Crippen LogP contribution in [0, 0.1) is 5.82 Å². The molecular weight excluding hydrogens is 221 g/mol. The van der Waals surface area contributed by atoms with E-state index < -0.39 is 5.82 Å². The number of ether oxygens (including phenoxy) is 1. The molecule has 92 valence electrons. The molecule has 4 heteroatoms. The molecule has 1 N–H and O–H groups in total. The Labute approximate surface area is 100.0 Å². The lowest BCUT2D eigenvalue weighted by Crippen LogP contribution is -2.49. The highest BCUT2D eigenvalue weighted by Crippen LogP contribution is 2.34. The Morgan fingerprint density at radius 3 is 2.71 bits per heavy atom. The van der Waals surface area contributed by atoms with Crippen LogP contribution in [-0.4, -0.2) is 25.2 Å². The van der Waals surface area contributed by atoms with Crippen LogP contribution in [0.5, 0.6) is 0 Å². The smallest absolute Gasteiger partial charge is 0.254 e. The molecule has 0 aliphatic heterocycles. The van der Waals surface area contributed by atoms with Crippen LogP contribution in [0.3, 0.4) is 0 Å². The second kappa shape index (κ2) is 4.84. The average molecular weight is 237 g/mol. The quantitative estimate of drug-likeness (QED) is 0.871. The molecule has 0 unspecified atom stereocenters.